The van der Waals surface area contributed by atoms with Crippen molar-refractivity contribution in [2.24, 2.45) is 5.92 Å². The zero-order valence-electron chi connectivity index (χ0n) is 16.6. The molecule has 1 aromatic carbocycles. The highest BCUT2D eigenvalue weighted by Gasteiger charge is 2.21. The van der Waals surface area contributed by atoms with Crippen LogP contribution in [0, 0.1) is 5.92 Å². The summed E-state index contributed by atoms with van der Waals surface area (Å²) in [5.41, 5.74) is 1.34. The molecule has 1 fully saturated rings. The molecule has 6 nitrogen and oxygen atoms in total. The van der Waals surface area contributed by atoms with Gasteiger partial charge in [0.25, 0.3) is 5.91 Å². The SMILES string of the molecule is CCCCOCCCNC(=O)Nc1ccc(C(=O)N2CCC(C)CC2)cc1. The average molecular weight is 376 g/mol. The largest absolute Gasteiger partial charge is 0.381 e. The Bertz CT molecular complexity index is 581. The standard InChI is InChI=1S/C21H33N3O3/c1-3-4-15-27-16-5-12-22-21(26)23-19-8-6-18(7-9-19)20(25)24-13-10-17(2)11-14-24/h6-9,17H,3-5,10-16H2,1-2H3,(H2,22,23,26). The lowest BCUT2D eigenvalue weighted by molar-refractivity contribution is 0.0697. The molecule has 0 aliphatic carbocycles. The fraction of sp³-hybridized carbons (Fsp3) is 0.619. The summed E-state index contributed by atoms with van der Waals surface area (Å²) < 4.78 is 5.46. The summed E-state index contributed by atoms with van der Waals surface area (Å²) in [7, 11) is 0. The molecule has 1 aliphatic heterocycles. The van der Waals surface area contributed by atoms with Crippen molar-refractivity contribution in [2.45, 2.75) is 46.0 Å². The lowest BCUT2D eigenvalue weighted by atomic mass is 9.98. The maximum atomic E-state index is 12.5. The fourth-order valence-electron chi connectivity index (χ4n) is 2.99. The van der Waals surface area contributed by atoms with E-state index in [0.717, 1.165) is 51.8 Å². The molecule has 1 heterocycles. The Morgan fingerprint density at radius 2 is 1.78 bits per heavy atom. The van der Waals surface area contributed by atoms with E-state index in [1.807, 2.05) is 4.90 Å². The predicted molar refractivity (Wildman–Crippen MR) is 108 cm³/mol. The molecular formula is C21H33N3O3. The number of amides is 3. The van der Waals surface area contributed by atoms with Crippen molar-refractivity contribution in [1.29, 1.82) is 0 Å². The molecule has 27 heavy (non-hydrogen) atoms. The van der Waals surface area contributed by atoms with Gasteiger partial charge in [0.1, 0.15) is 0 Å². The van der Waals surface area contributed by atoms with Crippen molar-refractivity contribution in [3.8, 4) is 0 Å². The molecule has 0 unspecified atom stereocenters. The molecule has 2 rings (SSSR count). The second-order valence-electron chi connectivity index (χ2n) is 7.25. The maximum absolute atomic E-state index is 12.5. The molecular weight excluding hydrogens is 342 g/mol. The number of piperidine rings is 1. The molecule has 6 heteroatoms. The predicted octanol–water partition coefficient (Wildman–Crippen LogP) is 3.89. The van der Waals surface area contributed by atoms with Gasteiger partial charge in [-0.3, -0.25) is 4.79 Å². The summed E-state index contributed by atoms with van der Waals surface area (Å²) in [5, 5.41) is 5.60. The Balaban J connectivity index is 1.68. The number of unbranched alkanes of at least 4 members (excludes halogenated alkanes) is 1. The third-order valence-corrected chi connectivity index (χ3v) is 4.85. The lowest BCUT2D eigenvalue weighted by Gasteiger charge is -2.30. The van der Waals surface area contributed by atoms with Crippen molar-refractivity contribution in [2.75, 3.05) is 38.2 Å². The first-order chi connectivity index (χ1) is 13.1. The van der Waals surface area contributed by atoms with Gasteiger partial charge in [-0.25, -0.2) is 4.79 Å². The minimum atomic E-state index is -0.243. The lowest BCUT2D eigenvalue weighted by Crippen LogP contribution is -2.37. The number of hydrogen-bond acceptors (Lipinski definition) is 3. The number of carbonyl (C=O) groups is 2. The van der Waals surface area contributed by atoms with E-state index >= 15 is 0 Å². The molecule has 0 aromatic heterocycles. The van der Waals surface area contributed by atoms with Crippen molar-refractivity contribution in [1.82, 2.24) is 10.2 Å². The fourth-order valence-corrected chi connectivity index (χ4v) is 2.99. The van der Waals surface area contributed by atoms with Crippen LogP contribution in [0.25, 0.3) is 0 Å². The first-order valence-corrected chi connectivity index (χ1v) is 10.1. The van der Waals surface area contributed by atoms with E-state index in [4.69, 9.17) is 4.74 Å². The van der Waals surface area contributed by atoms with Crippen molar-refractivity contribution < 1.29 is 14.3 Å². The van der Waals surface area contributed by atoms with Gasteiger partial charge in [0.2, 0.25) is 0 Å². The Morgan fingerprint density at radius 3 is 2.44 bits per heavy atom. The van der Waals surface area contributed by atoms with E-state index < -0.39 is 0 Å². The van der Waals surface area contributed by atoms with Gasteiger partial charge in [-0.2, -0.15) is 0 Å². The topological polar surface area (TPSA) is 70.7 Å². The molecule has 1 saturated heterocycles. The molecule has 0 bridgehead atoms. The van der Waals surface area contributed by atoms with Gasteiger partial charge in [-0.1, -0.05) is 20.3 Å². The Hall–Kier alpha value is -2.08. The summed E-state index contributed by atoms with van der Waals surface area (Å²) in [6, 6.07) is 6.85. The molecule has 0 spiro atoms. The third kappa shape index (κ3) is 7.59. The highest BCUT2D eigenvalue weighted by Crippen LogP contribution is 2.19. The first kappa shape index (κ1) is 21.2. The van der Waals surface area contributed by atoms with Crippen LogP contribution in [-0.2, 0) is 4.74 Å². The van der Waals surface area contributed by atoms with Gasteiger partial charge < -0.3 is 20.3 Å². The first-order valence-electron chi connectivity index (χ1n) is 10.1. The number of likely N-dealkylation sites (tertiary alicyclic amines) is 1. The second kappa shape index (κ2) is 11.6. The molecule has 2 N–H and O–H groups in total. The number of hydrogen-bond donors (Lipinski definition) is 2. The van der Waals surface area contributed by atoms with Crippen LogP contribution in [0.3, 0.4) is 0 Å². The Kier molecular flexibility index (Phi) is 9.11. The monoisotopic (exact) mass is 375 g/mol. The van der Waals surface area contributed by atoms with Gasteiger partial charge in [-0.05, 0) is 55.9 Å². The van der Waals surface area contributed by atoms with Gasteiger partial charge >= 0.3 is 6.03 Å². The Morgan fingerprint density at radius 1 is 1.11 bits per heavy atom. The number of carbonyl (C=O) groups excluding carboxylic acids is 2. The molecule has 3 amide bonds. The molecule has 150 valence electrons. The smallest absolute Gasteiger partial charge is 0.319 e. The minimum absolute atomic E-state index is 0.0703. The van der Waals surface area contributed by atoms with Crippen LogP contribution < -0.4 is 10.6 Å². The van der Waals surface area contributed by atoms with E-state index in [0.29, 0.717) is 30.3 Å². The van der Waals surface area contributed by atoms with Crippen molar-refractivity contribution >= 4 is 17.6 Å². The number of nitrogens with one attached hydrogen (secondary N) is 2. The van der Waals surface area contributed by atoms with E-state index in [9.17, 15) is 9.59 Å². The van der Waals surface area contributed by atoms with Gasteiger partial charge in [-0.15, -0.1) is 0 Å². The van der Waals surface area contributed by atoms with Gasteiger partial charge in [0.15, 0.2) is 0 Å². The number of ether oxygens (including phenoxy) is 1. The number of anilines is 1. The van der Waals surface area contributed by atoms with Crippen LogP contribution in [-0.4, -0.2) is 49.7 Å². The summed E-state index contributed by atoms with van der Waals surface area (Å²) in [4.78, 5) is 26.3. The number of urea groups is 1. The van der Waals surface area contributed by atoms with Crippen LogP contribution in [0.2, 0.25) is 0 Å². The van der Waals surface area contributed by atoms with Crippen LogP contribution in [0.15, 0.2) is 24.3 Å². The highest BCUT2D eigenvalue weighted by molar-refractivity contribution is 5.95. The summed E-state index contributed by atoms with van der Waals surface area (Å²) >= 11 is 0. The third-order valence-electron chi connectivity index (χ3n) is 4.85. The summed E-state index contributed by atoms with van der Waals surface area (Å²) in [6.45, 7) is 8.02. The summed E-state index contributed by atoms with van der Waals surface area (Å²) in [6.07, 6.45) is 5.12. The van der Waals surface area contributed by atoms with Crippen LogP contribution in [0.5, 0.6) is 0 Å². The van der Waals surface area contributed by atoms with Gasteiger partial charge in [0.05, 0.1) is 0 Å². The van der Waals surface area contributed by atoms with E-state index in [-0.39, 0.29) is 11.9 Å². The minimum Gasteiger partial charge on any atom is -0.381 e. The summed E-state index contributed by atoms with van der Waals surface area (Å²) in [5.74, 6) is 0.767. The van der Waals surface area contributed by atoms with E-state index in [1.165, 1.54) is 0 Å². The zero-order valence-corrected chi connectivity index (χ0v) is 16.6. The van der Waals surface area contributed by atoms with Gasteiger partial charge in [0, 0.05) is 44.1 Å². The zero-order chi connectivity index (χ0) is 19.5. The molecule has 0 atom stereocenters. The second-order valence-corrected chi connectivity index (χ2v) is 7.25. The Labute approximate surface area is 162 Å². The van der Waals surface area contributed by atoms with E-state index in [2.05, 4.69) is 24.5 Å². The molecule has 1 aromatic rings. The van der Waals surface area contributed by atoms with Crippen molar-refractivity contribution in [3.63, 3.8) is 0 Å². The average Bonchev–Trinajstić information content (AvgIpc) is 2.68. The number of nitrogens with zero attached hydrogens (tertiary/aromatic N) is 1. The van der Waals surface area contributed by atoms with Crippen LogP contribution in [0.4, 0.5) is 10.5 Å². The molecule has 0 radical (unpaired) electrons. The normalized spacial score (nSPS) is 14.8. The van der Waals surface area contributed by atoms with Crippen molar-refractivity contribution in [3.05, 3.63) is 29.8 Å². The number of rotatable bonds is 9. The number of benzene rings is 1. The molecule has 0 saturated carbocycles. The van der Waals surface area contributed by atoms with Crippen LogP contribution in [0.1, 0.15) is 56.3 Å². The molecule has 1 aliphatic rings. The maximum Gasteiger partial charge on any atom is 0.319 e. The highest BCUT2D eigenvalue weighted by atomic mass is 16.5. The quantitative estimate of drug-likeness (QED) is 0.643. The van der Waals surface area contributed by atoms with Crippen LogP contribution >= 0.6 is 0 Å². The van der Waals surface area contributed by atoms with E-state index in [1.54, 1.807) is 24.3 Å².